The Labute approximate surface area is 122 Å². The Hall–Kier alpha value is -1.55. The highest BCUT2D eigenvalue weighted by Gasteiger charge is 2.21. The van der Waals surface area contributed by atoms with Crippen LogP contribution >= 0.6 is 0 Å². The van der Waals surface area contributed by atoms with Crippen LogP contribution in [0.4, 0.5) is 0 Å². The zero-order valence-corrected chi connectivity index (χ0v) is 12.5. The van der Waals surface area contributed by atoms with Gasteiger partial charge in [-0.3, -0.25) is 5.43 Å². The molecule has 4 nitrogen and oxygen atoms in total. The van der Waals surface area contributed by atoms with Crippen molar-refractivity contribution < 1.29 is 0 Å². The van der Waals surface area contributed by atoms with E-state index in [0.29, 0.717) is 0 Å². The molecule has 0 aromatic heterocycles. The SMILES string of the molecule is CC(C)N=C(NN)N1CCC(Cc2ccccc2)CC1. The second kappa shape index (κ2) is 7.29. The van der Waals surface area contributed by atoms with Crippen LogP contribution in [-0.4, -0.2) is 30.0 Å². The molecule has 0 amide bonds. The molecule has 1 saturated heterocycles. The monoisotopic (exact) mass is 274 g/mol. The van der Waals surface area contributed by atoms with Crippen molar-refractivity contribution >= 4 is 5.96 Å². The number of piperidine rings is 1. The normalized spacial score (nSPS) is 17.6. The average molecular weight is 274 g/mol. The smallest absolute Gasteiger partial charge is 0.208 e. The van der Waals surface area contributed by atoms with Crippen LogP contribution < -0.4 is 11.3 Å². The fourth-order valence-electron chi connectivity index (χ4n) is 2.75. The van der Waals surface area contributed by atoms with Gasteiger partial charge in [-0.15, -0.1) is 0 Å². The van der Waals surface area contributed by atoms with Gasteiger partial charge in [0, 0.05) is 19.1 Å². The molecule has 4 heteroatoms. The van der Waals surface area contributed by atoms with Gasteiger partial charge in [0.25, 0.3) is 0 Å². The fraction of sp³-hybridized carbons (Fsp3) is 0.562. The molecular weight excluding hydrogens is 248 g/mol. The summed E-state index contributed by atoms with van der Waals surface area (Å²) in [6.45, 7) is 6.21. The van der Waals surface area contributed by atoms with Gasteiger partial charge in [-0.05, 0) is 44.6 Å². The molecule has 0 radical (unpaired) electrons. The van der Waals surface area contributed by atoms with Crippen molar-refractivity contribution in [1.29, 1.82) is 0 Å². The van der Waals surface area contributed by atoms with Crippen LogP contribution in [0.1, 0.15) is 32.3 Å². The number of aliphatic imine (C=N–C) groups is 1. The highest BCUT2D eigenvalue weighted by atomic mass is 15.4. The summed E-state index contributed by atoms with van der Waals surface area (Å²) in [6.07, 6.45) is 3.59. The number of rotatable bonds is 3. The first kappa shape index (κ1) is 14.9. The number of hydrazine groups is 1. The second-order valence-electron chi connectivity index (χ2n) is 5.81. The molecule has 0 aliphatic carbocycles. The van der Waals surface area contributed by atoms with Crippen molar-refractivity contribution in [3.63, 3.8) is 0 Å². The van der Waals surface area contributed by atoms with Gasteiger partial charge in [0.2, 0.25) is 5.96 Å². The van der Waals surface area contributed by atoms with Gasteiger partial charge in [-0.2, -0.15) is 0 Å². The predicted octanol–water partition coefficient (Wildman–Crippen LogP) is 2.17. The van der Waals surface area contributed by atoms with Gasteiger partial charge in [0.05, 0.1) is 0 Å². The number of likely N-dealkylation sites (tertiary alicyclic amines) is 1. The number of nitrogens with two attached hydrogens (primary N) is 1. The van der Waals surface area contributed by atoms with Crippen molar-refractivity contribution in [2.75, 3.05) is 13.1 Å². The molecule has 0 atom stereocenters. The van der Waals surface area contributed by atoms with Gasteiger partial charge in [0.15, 0.2) is 0 Å². The molecular formula is C16H26N4. The van der Waals surface area contributed by atoms with Gasteiger partial charge >= 0.3 is 0 Å². The van der Waals surface area contributed by atoms with E-state index in [1.807, 2.05) is 0 Å². The van der Waals surface area contributed by atoms with E-state index < -0.39 is 0 Å². The quantitative estimate of drug-likeness (QED) is 0.384. The molecule has 0 bridgehead atoms. The molecule has 110 valence electrons. The Kier molecular flexibility index (Phi) is 5.41. The molecule has 0 spiro atoms. The van der Waals surface area contributed by atoms with Gasteiger partial charge in [-0.25, -0.2) is 10.8 Å². The lowest BCUT2D eigenvalue weighted by molar-refractivity contribution is 0.258. The minimum Gasteiger partial charge on any atom is -0.342 e. The van der Waals surface area contributed by atoms with E-state index in [4.69, 9.17) is 5.84 Å². The fourth-order valence-corrected chi connectivity index (χ4v) is 2.75. The summed E-state index contributed by atoms with van der Waals surface area (Å²) in [5.74, 6) is 7.19. The molecule has 1 aliphatic heterocycles. The lowest BCUT2D eigenvalue weighted by Crippen LogP contribution is -2.48. The van der Waals surface area contributed by atoms with Crippen LogP contribution in [0.3, 0.4) is 0 Å². The number of hydrogen-bond acceptors (Lipinski definition) is 2. The van der Waals surface area contributed by atoms with Crippen LogP contribution in [0.15, 0.2) is 35.3 Å². The number of benzene rings is 1. The Bertz CT molecular complexity index is 419. The molecule has 2 rings (SSSR count). The molecule has 3 N–H and O–H groups in total. The summed E-state index contributed by atoms with van der Waals surface area (Å²) in [5.41, 5.74) is 4.19. The van der Waals surface area contributed by atoms with E-state index >= 15 is 0 Å². The first-order valence-corrected chi connectivity index (χ1v) is 7.52. The average Bonchev–Trinajstić information content (AvgIpc) is 2.46. The molecule has 1 aromatic carbocycles. The zero-order chi connectivity index (χ0) is 14.4. The van der Waals surface area contributed by atoms with E-state index in [9.17, 15) is 0 Å². The summed E-state index contributed by atoms with van der Waals surface area (Å²) in [7, 11) is 0. The highest BCUT2D eigenvalue weighted by molar-refractivity contribution is 5.79. The second-order valence-corrected chi connectivity index (χ2v) is 5.81. The van der Waals surface area contributed by atoms with Gasteiger partial charge < -0.3 is 4.90 Å². The minimum absolute atomic E-state index is 0.267. The molecule has 1 fully saturated rings. The highest BCUT2D eigenvalue weighted by Crippen LogP contribution is 2.21. The number of guanidine groups is 1. The molecule has 0 saturated carbocycles. The van der Waals surface area contributed by atoms with E-state index in [1.54, 1.807) is 0 Å². The zero-order valence-electron chi connectivity index (χ0n) is 12.5. The Morgan fingerprint density at radius 2 is 1.95 bits per heavy atom. The molecule has 0 unspecified atom stereocenters. The molecule has 20 heavy (non-hydrogen) atoms. The first-order chi connectivity index (χ1) is 9.69. The third kappa shape index (κ3) is 4.23. The molecule has 1 aromatic rings. The standard InChI is InChI=1S/C16H26N4/c1-13(2)18-16(19-17)20-10-8-15(9-11-20)12-14-6-4-3-5-7-14/h3-7,13,15H,8-12,17H2,1-2H3,(H,18,19). The maximum atomic E-state index is 5.59. The Morgan fingerprint density at radius 1 is 1.30 bits per heavy atom. The van der Waals surface area contributed by atoms with Crippen molar-refractivity contribution in [3.8, 4) is 0 Å². The lowest BCUT2D eigenvalue weighted by Gasteiger charge is -2.34. The van der Waals surface area contributed by atoms with E-state index in [2.05, 4.69) is 59.5 Å². The van der Waals surface area contributed by atoms with Crippen molar-refractivity contribution in [2.45, 2.75) is 39.2 Å². The number of nitrogens with zero attached hydrogens (tertiary/aromatic N) is 2. The maximum absolute atomic E-state index is 5.59. The Morgan fingerprint density at radius 3 is 2.50 bits per heavy atom. The van der Waals surface area contributed by atoms with Gasteiger partial charge in [-0.1, -0.05) is 30.3 Å². The van der Waals surface area contributed by atoms with Crippen LogP contribution in [0.5, 0.6) is 0 Å². The number of nitrogens with one attached hydrogen (secondary N) is 1. The Balaban J connectivity index is 1.86. The van der Waals surface area contributed by atoms with E-state index in [-0.39, 0.29) is 6.04 Å². The van der Waals surface area contributed by atoms with E-state index in [1.165, 1.54) is 24.8 Å². The van der Waals surface area contributed by atoms with Gasteiger partial charge in [0.1, 0.15) is 0 Å². The van der Waals surface area contributed by atoms with Crippen molar-refractivity contribution in [3.05, 3.63) is 35.9 Å². The minimum atomic E-state index is 0.267. The van der Waals surface area contributed by atoms with E-state index in [0.717, 1.165) is 25.0 Å². The predicted molar refractivity (Wildman–Crippen MR) is 84.3 cm³/mol. The number of hydrogen-bond donors (Lipinski definition) is 2. The maximum Gasteiger partial charge on any atom is 0.208 e. The largest absolute Gasteiger partial charge is 0.342 e. The third-order valence-corrected chi connectivity index (χ3v) is 3.79. The van der Waals surface area contributed by atoms with Crippen LogP contribution in [0.25, 0.3) is 0 Å². The topological polar surface area (TPSA) is 53.6 Å². The third-order valence-electron chi connectivity index (χ3n) is 3.79. The van der Waals surface area contributed by atoms with Crippen LogP contribution in [0, 0.1) is 5.92 Å². The summed E-state index contributed by atoms with van der Waals surface area (Å²) in [5, 5.41) is 0. The molecule has 1 heterocycles. The summed E-state index contributed by atoms with van der Waals surface area (Å²) in [4.78, 5) is 6.80. The summed E-state index contributed by atoms with van der Waals surface area (Å²) >= 11 is 0. The lowest BCUT2D eigenvalue weighted by atomic mass is 9.90. The first-order valence-electron chi connectivity index (χ1n) is 7.52. The molecule has 1 aliphatic rings. The van der Waals surface area contributed by atoms with Crippen molar-refractivity contribution in [1.82, 2.24) is 10.3 Å². The summed E-state index contributed by atoms with van der Waals surface area (Å²) in [6, 6.07) is 11.0. The summed E-state index contributed by atoms with van der Waals surface area (Å²) < 4.78 is 0. The van der Waals surface area contributed by atoms with Crippen LogP contribution in [0.2, 0.25) is 0 Å². The van der Waals surface area contributed by atoms with Crippen LogP contribution in [-0.2, 0) is 6.42 Å². The van der Waals surface area contributed by atoms with Crippen molar-refractivity contribution in [2.24, 2.45) is 16.8 Å².